The SMILES string of the molecule is COc1ccc(/C=[N+]2\NC(=O)[C@@H](NC(=O)c3cccc(C)c3)[C@H]2c2ccccc2)cc1OC. The van der Waals surface area contributed by atoms with Crippen LogP contribution in [0.5, 0.6) is 11.5 Å². The lowest BCUT2D eigenvalue weighted by molar-refractivity contribution is -0.596. The Balaban J connectivity index is 1.70. The van der Waals surface area contributed by atoms with E-state index in [1.807, 2.05) is 67.7 Å². The monoisotopic (exact) mass is 444 g/mol. The molecule has 1 aliphatic heterocycles. The Morgan fingerprint density at radius 1 is 0.970 bits per heavy atom. The fourth-order valence-corrected chi connectivity index (χ4v) is 3.94. The van der Waals surface area contributed by atoms with E-state index in [0.29, 0.717) is 17.1 Å². The third-order valence-corrected chi connectivity index (χ3v) is 5.54. The van der Waals surface area contributed by atoms with Crippen LogP contribution in [0, 0.1) is 6.92 Å². The topological polar surface area (TPSA) is 79.7 Å². The van der Waals surface area contributed by atoms with E-state index in [9.17, 15) is 9.59 Å². The molecule has 0 bridgehead atoms. The van der Waals surface area contributed by atoms with Crippen LogP contribution in [0.15, 0.2) is 72.8 Å². The molecule has 3 aromatic rings. The summed E-state index contributed by atoms with van der Waals surface area (Å²) in [5.41, 5.74) is 6.07. The quantitative estimate of drug-likeness (QED) is 0.573. The van der Waals surface area contributed by atoms with E-state index in [2.05, 4.69) is 10.7 Å². The summed E-state index contributed by atoms with van der Waals surface area (Å²) in [6.07, 6.45) is 1.82. The number of ether oxygens (including phenoxy) is 2. The highest BCUT2D eigenvalue weighted by molar-refractivity contribution is 5.98. The highest BCUT2D eigenvalue weighted by atomic mass is 16.5. The number of amides is 2. The molecule has 1 saturated heterocycles. The van der Waals surface area contributed by atoms with Crippen molar-refractivity contribution >= 4 is 18.0 Å². The first-order valence-corrected chi connectivity index (χ1v) is 10.6. The molecule has 1 fully saturated rings. The highest BCUT2D eigenvalue weighted by Crippen LogP contribution is 2.29. The second-order valence-corrected chi connectivity index (χ2v) is 7.80. The van der Waals surface area contributed by atoms with E-state index < -0.39 is 12.1 Å². The van der Waals surface area contributed by atoms with Crippen molar-refractivity contribution in [2.75, 3.05) is 14.2 Å². The average molecular weight is 445 g/mol. The third-order valence-electron chi connectivity index (χ3n) is 5.54. The molecule has 4 rings (SSSR count). The van der Waals surface area contributed by atoms with Crippen LogP contribution in [0.4, 0.5) is 0 Å². The van der Waals surface area contributed by atoms with Gasteiger partial charge in [-0.15, -0.1) is 10.1 Å². The molecule has 2 amide bonds. The van der Waals surface area contributed by atoms with Crippen LogP contribution in [-0.2, 0) is 4.79 Å². The van der Waals surface area contributed by atoms with Gasteiger partial charge in [0.05, 0.1) is 14.2 Å². The number of carbonyl (C=O) groups excluding carboxylic acids is 2. The van der Waals surface area contributed by atoms with Crippen LogP contribution in [0.1, 0.15) is 33.1 Å². The summed E-state index contributed by atoms with van der Waals surface area (Å²) in [5.74, 6) is 0.606. The van der Waals surface area contributed by atoms with Gasteiger partial charge >= 0.3 is 5.91 Å². The summed E-state index contributed by atoms with van der Waals surface area (Å²) in [5, 5.41) is 2.92. The number of aryl methyl sites for hydroxylation is 1. The summed E-state index contributed by atoms with van der Waals surface area (Å²) >= 11 is 0. The predicted molar refractivity (Wildman–Crippen MR) is 125 cm³/mol. The number of hydrazone groups is 1. The average Bonchev–Trinajstić information content (AvgIpc) is 3.13. The number of carbonyl (C=O) groups is 2. The van der Waals surface area contributed by atoms with Crippen molar-refractivity contribution in [2.45, 2.75) is 19.0 Å². The highest BCUT2D eigenvalue weighted by Gasteiger charge is 2.47. The van der Waals surface area contributed by atoms with Crippen LogP contribution in [0.3, 0.4) is 0 Å². The molecular formula is C26H26N3O4+. The van der Waals surface area contributed by atoms with Gasteiger partial charge in [-0.3, -0.25) is 9.59 Å². The minimum absolute atomic E-state index is 0.290. The van der Waals surface area contributed by atoms with E-state index in [1.54, 1.807) is 37.1 Å². The molecule has 7 heteroatoms. The molecule has 2 atom stereocenters. The Bertz CT molecular complexity index is 1210. The number of benzene rings is 3. The van der Waals surface area contributed by atoms with Gasteiger partial charge in [0.15, 0.2) is 17.5 Å². The molecule has 3 aromatic carbocycles. The molecule has 0 spiro atoms. The van der Waals surface area contributed by atoms with Crippen molar-refractivity contribution in [3.8, 4) is 11.5 Å². The van der Waals surface area contributed by atoms with Crippen molar-refractivity contribution < 1.29 is 23.7 Å². The van der Waals surface area contributed by atoms with Crippen molar-refractivity contribution in [2.24, 2.45) is 0 Å². The van der Waals surface area contributed by atoms with Gasteiger partial charge in [0, 0.05) is 16.7 Å². The molecule has 0 aliphatic carbocycles. The van der Waals surface area contributed by atoms with E-state index in [1.165, 1.54) is 0 Å². The number of methoxy groups -OCH3 is 2. The van der Waals surface area contributed by atoms with Gasteiger partial charge in [-0.05, 0) is 37.3 Å². The summed E-state index contributed by atoms with van der Waals surface area (Å²) in [4.78, 5) is 25.9. The van der Waals surface area contributed by atoms with E-state index in [0.717, 1.165) is 16.7 Å². The van der Waals surface area contributed by atoms with Crippen LogP contribution in [-0.4, -0.2) is 43.0 Å². The maximum Gasteiger partial charge on any atom is 0.304 e. The molecular weight excluding hydrogens is 418 g/mol. The zero-order valence-electron chi connectivity index (χ0n) is 18.7. The predicted octanol–water partition coefficient (Wildman–Crippen LogP) is 3.03. The second-order valence-electron chi connectivity index (χ2n) is 7.80. The van der Waals surface area contributed by atoms with Crippen molar-refractivity contribution in [3.63, 3.8) is 0 Å². The summed E-state index contributed by atoms with van der Waals surface area (Å²) in [6, 6.07) is 21.2. The van der Waals surface area contributed by atoms with Gasteiger partial charge in [0.1, 0.15) is 0 Å². The van der Waals surface area contributed by atoms with Gasteiger partial charge < -0.3 is 14.8 Å². The Morgan fingerprint density at radius 2 is 1.73 bits per heavy atom. The molecule has 0 saturated carbocycles. The molecule has 1 heterocycles. The lowest BCUT2D eigenvalue weighted by Crippen LogP contribution is -2.42. The molecule has 0 unspecified atom stereocenters. The Kier molecular flexibility index (Phi) is 6.40. The van der Waals surface area contributed by atoms with Crippen LogP contribution in [0.25, 0.3) is 0 Å². The number of nitrogens with zero attached hydrogens (tertiary/aromatic N) is 1. The molecule has 7 nitrogen and oxygen atoms in total. The third kappa shape index (κ3) is 4.72. The first-order chi connectivity index (χ1) is 16.0. The van der Waals surface area contributed by atoms with Crippen LogP contribution in [0.2, 0.25) is 0 Å². The maximum absolute atomic E-state index is 13.0. The normalized spacial score (nSPS) is 18.6. The van der Waals surface area contributed by atoms with Crippen LogP contribution >= 0.6 is 0 Å². The minimum Gasteiger partial charge on any atom is -0.493 e. The number of hydrogen-bond donors (Lipinski definition) is 2. The molecule has 33 heavy (non-hydrogen) atoms. The largest absolute Gasteiger partial charge is 0.493 e. The van der Waals surface area contributed by atoms with E-state index in [-0.39, 0.29) is 11.8 Å². The van der Waals surface area contributed by atoms with Gasteiger partial charge in [-0.1, -0.05) is 48.0 Å². The van der Waals surface area contributed by atoms with Crippen molar-refractivity contribution in [1.29, 1.82) is 0 Å². The smallest absolute Gasteiger partial charge is 0.304 e. The number of hydrogen-bond acceptors (Lipinski definition) is 4. The number of hydrazine groups is 1. The van der Waals surface area contributed by atoms with Crippen LogP contribution < -0.4 is 20.2 Å². The molecule has 1 aliphatic rings. The van der Waals surface area contributed by atoms with Gasteiger partial charge in [-0.25, -0.2) is 0 Å². The zero-order chi connectivity index (χ0) is 23.4. The fraction of sp³-hybridized carbons (Fsp3) is 0.192. The molecule has 168 valence electrons. The lowest BCUT2D eigenvalue weighted by atomic mass is 9.99. The second kappa shape index (κ2) is 9.56. The molecule has 2 N–H and O–H groups in total. The van der Waals surface area contributed by atoms with Gasteiger partial charge in [0.2, 0.25) is 12.3 Å². The number of rotatable bonds is 6. The maximum atomic E-state index is 13.0. The Labute approximate surface area is 192 Å². The van der Waals surface area contributed by atoms with Crippen molar-refractivity contribution in [1.82, 2.24) is 10.7 Å². The number of nitrogens with one attached hydrogen (secondary N) is 2. The van der Waals surface area contributed by atoms with Gasteiger partial charge in [-0.2, -0.15) is 0 Å². The summed E-state index contributed by atoms with van der Waals surface area (Å²) in [7, 11) is 3.15. The first kappa shape index (κ1) is 22.1. The summed E-state index contributed by atoms with van der Waals surface area (Å²) in [6.45, 7) is 1.92. The fourth-order valence-electron chi connectivity index (χ4n) is 3.94. The first-order valence-electron chi connectivity index (χ1n) is 10.6. The Hall–Kier alpha value is -4.13. The minimum atomic E-state index is -0.781. The van der Waals surface area contributed by atoms with E-state index >= 15 is 0 Å². The Morgan fingerprint density at radius 3 is 2.42 bits per heavy atom. The van der Waals surface area contributed by atoms with E-state index in [4.69, 9.17) is 9.47 Å². The molecule has 0 aromatic heterocycles. The zero-order valence-corrected chi connectivity index (χ0v) is 18.7. The van der Waals surface area contributed by atoms with Crippen molar-refractivity contribution in [3.05, 3.63) is 95.1 Å². The summed E-state index contributed by atoms with van der Waals surface area (Å²) < 4.78 is 12.4. The standard InChI is InChI=1S/C26H25N3O4/c1-17-8-7-11-20(14-17)25(30)27-23-24(19-9-5-4-6-10-19)29(28-26(23)31)16-18-12-13-21(32-2)22(15-18)33-3/h4-16,23-24H,1-3H3,(H-,27,28,30,31)/p+1/b29-16-/t23-,24+/m0/s1. The lowest BCUT2D eigenvalue weighted by Gasteiger charge is -2.15. The molecule has 0 radical (unpaired) electrons. The van der Waals surface area contributed by atoms with Gasteiger partial charge in [0.25, 0.3) is 5.91 Å².